The van der Waals surface area contributed by atoms with Crippen LogP contribution in [0.15, 0.2) is 60.8 Å². The Kier molecular flexibility index (Phi) is 5.08. The molecule has 0 spiro atoms. The molecule has 4 N–H and O–H groups in total. The highest BCUT2D eigenvalue weighted by Crippen LogP contribution is 2.27. The molecule has 0 aliphatic heterocycles. The highest BCUT2D eigenvalue weighted by Gasteiger charge is 2.18. The van der Waals surface area contributed by atoms with Crippen LogP contribution in [0.1, 0.15) is 29.1 Å². The number of hydrogen-bond acceptors (Lipinski definition) is 5. The van der Waals surface area contributed by atoms with Crippen LogP contribution < -0.4 is 11.1 Å². The summed E-state index contributed by atoms with van der Waals surface area (Å²) in [7, 11) is 0. The third kappa shape index (κ3) is 3.75. The molecule has 0 bridgehead atoms. The highest BCUT2D eigenvalue weighted by atomic mass is 16.3. The van der Waals surface area contributed by atoms with Crippen LogP contribution in [-0.2, 0) is 12.8 Å². The smallest absolute Gasteiger partial charge is 0.161 e. The van der Waals surface area contributed by atoms with E-state index in [-0.39, 0.29) is 0 Å². The lowest BCUT2D eigenvalue weighted by atomic mass is 10.1. The lowest BCUT2D eigenvalue weighted by molar-refractivity contribution is 0.260. The largest absolute Gasteiger partial charge is 0.404 e. The van der Waals surface area contributed by atoms with Crippen molar-refractivity contribution in [3.8, 4) is 11.3 Å². The molecular weight excluding hydrogens is 348 g/mol. The molecule has 1 aliphatic carbocycles. The van der Waals surface area contributed by atoms with Gasteiger partial charge in [-0.15, -0.1) is 0 Å². The molecule has 5 nitrogen and oxygen atoms in total. The maximum atomic E-state index is 10.8. The van der Waals surface area contributed by atoms with Gasteiger partial charge in [0, 0.05) is 23.1 Å². The number of nitrogens with two attached hydrogens (primary N) is 1. The molecule has 2 aromatic carbocycles. The van der Waals surface area contributed by atoms with Crippen LogP contribution in [0.25, 0.3) is 16.8 Å². The third-order valence-corrected chi connectivity index (χ3v) is 5.06. The lowest BCUT2D eigenvalue weighted by Gasteiger charge is -2.18. The molecule has 3 aromatic rings. The predicted octanol–water partition coefficient (Wildman–Crippen LogP) is 3.67. The minimum atomic E-state index is -1.00. The molecule has 0 radical (unpaired) electrons. The van der Waals surface area contributed by atoms with E-state index in [4.69, 9.17) is 5.73 Å². The molecule has 1 aliphatic rings. The first kappa shape index (κ1) is 18.2. The van der Waals surface area contributed by atoms with Gasteiger partial charge in [-0.3, -0.25) is 0 Å². The SMILES string of the molecule is Cc1cc(-c2ccccc2)nc(C(=CN)C(O)Nc2ccc3c(c2)CCC3)n1. The summed E-state index contributed by atoms with van der Waals surface area (Å²) in [6.07, 6.45) is 3.77. The number of benzene rings is 2. The second-order valence-electron chi connectivity index (χ2n) is 7.09. The molecule has 1 heterocycles. The van der Waals surface area contributed by atoms with Crippen molar-refractivity contribution in [3.63, 3.8) is 0 Å². The van der Waals surface area contributed by atoms with Crippen molar-refractivity contribution in [1.82, 2.24) is 9.97 Å². The summed E-state index contributed by atoms with van der Waals surface area (Å²) < 4.78 is 0. The standard InChI is InChI=1S/C23H24N4O/c1-15-12-21(17-6-3-2-4-7-17)27-22(25-15)20(14-24)23(28)26-19-11-10-16-8-5-9-18(16)13-19/h2-4,6-7,10-14,23,26,28H,5,8-9,24H2,1H3. The normalized spacial score (nSPS) is 14.6. The van der Waals surface area contributed by atoms with Crippen LogP contribution in [0.3, 0.4) is 0 Å². The quantitative estimate of drug-likeness (QED) is 0.595. The average molecular weight is 372 g/mol. The van der Waals surface area contributed by atoms with E-state index in [0.29, 0.717) is 11.4 Å². The summed E-state index contributed by atoms with van der Waals surface area (Å²) in [5, 5.41) is 13.9. The van der Waals surface area contributed by atoms with Crippen molar-refractivity contribution in [2.45, 2.75) is 32.4 Å². The van der Waals surface area contributed by atoms with E-state index in [0.717, 1.165) is 35.5 Å². The first-order valence-electron chi connectivity index (χ1n) is 9.54. The summed E-state index contributed by atoms with van der Waals surface area (Å²) in [6.45, 7) is 1.91. The fraction of sp³-hybridized carbons (Fsp3) is 0.217. The number of nitrogens with one attached hydrogen (secondary N) is 1. The van der Waals surface area contributed by atoms with Gasteiger partial charge < -0.3 is 16.2 Å². The number of aliphatic hydroxyl groups excluding tert-OH is 1. The minimum absolute atomic E-state index is 0.419. The van der Waals surface area contributed by atoms with E-state index < -0.39 is 6.23 Å². The zero-order valence-electron chi connectivity index (χ0n) is 15.9. The molecule has 28 heavy (non-hydrogen) atoms. The zero-order chi connectivity index (χ0) is 19.5. The van der Waals surface area contributed by atoms with Crippen molar-refractivity contribution in [2.75, 3.05) is 5.32 Å². The van der Waals surface area contributed by atoms with E-state index in [9.17, 15) is 5.11 Å². The topological polar surface area (TPSA) is 84.1 Å². The van der Waals surface area contributed by atoms with Crippen LogP contribution in [0.4, 0.5) is 5.69 Å². The molecule has 0 saturated carbocycles. The van der Waals surface area contributed by atoms with Gasteiger partial charge in [-0.1, -0.05) is 36.4 Å². The van der Waals surface area contributed by atoms with Crippen LogP contribution in [0.5, 0.6) is 0 Å². The van der Waals surface area contributed by atoms with E-state index >= 15 is 0 Å². The van der Waals surface area contributed by atoms with E-state index in [1.54, 1.807) is 0 Å². The summed E-state index contributed by atoms with van der Waals surface area (Å²) in [6, 6.07) is 18.0. The third-order valence-electron chi connectivity index (χ3n) is 5.06. The molecule has 142 valence electrons. The molecule has 0 amide bonds. The monoisotopic (exact) mass is 372 g/mol. The van der Waals surface area contributed by atoms with Crippen molar-refractivity contribution < 1.29 is 5.11 Å². The minimum Gasteiger partial charge on any atom is -0.404 e. The second kappa shape index (κ2) is 7.82. The highest BCUT2D eigenvalue weighted by molar-refractivity contribution is 5.69. The average Bonchev–Trinajstić information content (AvgIpc) is 3.17. The maximum absolute atomic E-state index is 10.8. The number of anilines is 1. The molecule has 4 rings (SSSR count). The molecular formula is C23H24N4O. The van der Waals surface area contributed by atoms with E-state index in [2.05, 4.69) is 27.4 Å². The number of hydrogen-bond donors (Lipinski definition) is 3. The van der Waals surface area contributed by atoms with Gasteiger partial charge in [0.25, 0.3) is 0 Å². The van der Waals surface area contributed by atoms with Crippen LogP contribution in [0.2, 0.25) is 0 Å². The van der Waals surface area contributed by atoms with Gasteiger partial charge in [0.15, 0.2) is 12.1 Å². The summed E-state index contributed by atoms with van der Waals surface area (Å²) in [4.78, 5) is 9.13. The summed E-state index contributed by atoms with van der Waals surface area (Å²) in [5.41, 5.74) is 12.5. The Morgan fingerprint density at radius 1 is 1.07 bits per heavy atom. The van der Waals surface area contributed by atoms with Gasteiger partial charge in [-0.25, -0.2) is 9.97 Å². The summed E-state index contributed by atoms with van der Waals surface area (Å²) in [5.74, 6) is 0.419. The predicted molar refractivity (Wildman–Crippen MR) is 112 cm³/mol. The van der Waals surface area contributed by atoms with E-state index in [1.807, 2.05) is 49.4 Å². The molecule has 5 heteroatoms. The van der Waals surface area contributed by atoms with Gasteiger partial charge in [0.2, 0.25) is 0 Å². The fourth-order valence-corrected chi connectivity index (χ4v) is 3.64. The Labute approximate surface area is 165 Å². The Morgan fingerprint density at radius 3 is 2.64 bits per heavy atom. The number of rotatable bonds is 5. The molecule has 0 saturated heterocycles. The van der Waals surface area contributed by atoms with Crippen molar-refractivity contribution in [3.05, 3.63) is 83.4 Å². The molecule has 0 fully saturated rings. The zero-order valence-corrected chi connectivity index (χ0v) is 15.9. The summed E-state index contributed by atoms with van der Waals surface area (Å²) >= 11 is 0. The first-order valence-corrected chi connectivity index (χ1v) is 9.54. The Morgan fingerprint density at radius 2 is 1.86 bits per heavy atom. The molecule has 1 unspecified atom stereocenters. The fourth-order valence-electron chi connectivity index (χ4n) is 3.64. The van der Waals surface area contributed by atoms with Gasteiger partial charge in [-0.05, 0) is 55.5 Å². The number of aromatic nitrogens is 2. The van der Waals surface area contributed by atoms with Gasteiger partial charge in [0.1, 0.15) is 0 Å². The number of nitrogens with zero attached hydrogens (tertiary/aromatic N) is 2. The lowest BCUT2D eigenvalue weighted by Crippen LogP contribution is -2.23. The number of aliphatic hydroxyl groups is 1. The van der Waals surface area contributed by atoms with Crippen LogP contribution in [0, 0.1) is 6.92 Å². The number of aryl methyl sites for hydroxylation is 3. The molecule has 1 atom stereocenters. The van der Waals surface area contributed by atoms with Gasteiger partial charge >= 0.3 is 0 Å². The maximum Gasteiger partial charge on any atom is 0.161 e. The molecule has 1 aromatic heterocycles. The van der Waals surface area contributed by atoms with Gasteiger partial charge in [-0.2, -0.15) is 0 Å². The van der Waals surface area contributed by atoms with Crippen molar-refractivity contribution in [1.29, 1.82) is 0 Å². The van der Waals surface area contributed by atoms with Crippen LogP contribution in [-0.4, -0.2) is 21.3 Å². The Balaban J connectivity index is 1.61. The number of fused-ring (bicyclic) bond motifs is 1. The first-order chi connectivity index (χ1) is 13.6. The Hall–Kier alpha value is -3.18. The van der Waals surface area contributed by atoms with Crippen molar-refractivity contribution in [2.24, 2.45) is 5.73 Å². The Bertz CT molecular complexity index is 1010. The van der Waals surface area contributed by atoms with Crippen LogP contribution >= 0.6 is 0 Å². The second-order valence-corrected chi connectivity index (χ2v) is 7.09. The van der Waals surface area contributed by atoms with Gasteiger partial charge in [0.05, 0.1) is 11.3 Å². The van der Waals surface area contributed by atoms with E-state index in [1.165, 1.54) is 23.7 Å². The van der Waals surface area contributed by atoms with Crippen molar-refractivity contribution >= 4 is 11.3 Å².